The summed E-state index contributed by atoms with van der Waals surface area (Å²) in [5.74, 6) is 0.533. The minimum absolute atomic E-state index is 0.0679. The van der Waals surface area contributed by atoms with Gasteiger partial charge in [0.1, 0.15) is 12.2 Å². The molecular formula is C23H40N2O6S3. The summed E-state index contributed by atoms with van der Waals surface area (Å²) < 4.78 is 10.5. The van der Waals surface area contributed by atoms with Crippen molar-refractivity contribution in [3.8, 4) is 0 Å². The van der Waals surface area contributed by atoms with E-state index < -0.39 is 24.1 Å². The Morgan fingerprint density at radius 3 is 1.76 bits per heavy atom. The number of esters is 2. The van der Waals surface area contributed by atoms with Crippen LogP contribution >= 0.6 is 35.3 Å². The van der Waals surface area contributed by atoms with Gasteiger partial charge in [-0.15, -0.1) is 0 Å². The fourth-order valence-electron chi connectivity index (χ4n) is 3.29. The highest BCUT2D eigenvalue weighted by molar-refractivity contribution is 8.03. The molecule has 1 fully saturated rings. The fourth-order valence-corrected chi connectivity index (χ4v) is 6.15. The summed E-state index contributed by atoms with van der Waals surface area (Å²) >= 11 is 5.46. The normalized spacial score (nSPS) is 18.8. The lowest BCUT2D eigenvalue weighted by atomic mass is 9.99. The third kappa shape index (κ3) is 14.4. The predicted octanol–water partition coefficient (Wildman–Crippen LogP) is 3.02. The zero-order valence-corrected chi connectivity index (χ0v) is 23.2. The number of nitrogens with one attached hydrogen (secondary N) is 2. The number of ether oxygens (including phenoxy) is 2. The van der Waals surface area contributed by atoms with E-state index in [0.29, 0.717) is 24.8 Å². The highest BCUT2D eigenvalue weighted by Crippen LogP contribution is 2.38. The quantitative estimate of drug-likeness (QED) is 0.202. The van der Waals surface area contributed by atoms with Crippen LogP contribution in [0.4, 0.5) is 0 Å². The minimum atomic E-state index is -0.524. The smallest absolute Gasteiger partial charge is 0.306 e. The van der Waals surface area contributed by atoms with Gasteiger partial charge in [-0.2, -0.15) is 35.3 Å². The fraction of sp³-hybridized carbons (Fsp3) is 0.826. The molecule has 4 unspecified atom stereocenters. The van der Waals surface area contributed by atoms with E-state index in [1.807, 2.05) is 29.8 Å². The Morgan fingerprint density at radius 1 is 0.824 bits per heavy atom. The average molecular weight is 537 g/mol. The molecule has 0 aromatic carbocycles. The molecule has 8 nitrogen and oxygen atoms in total. The summed E-state index contributed by atoms with van der Waals surface area (Å²) in [5, 5.41) is 7.08. The molecule has 0 aromatic rings. The van der Waals surface area contributed by atoms with E-state index in [4.69, 9.17) is 9.47 Å². The zero-order valence-electron chi connectivity index (χ0n) is 20.8. The summed E-state index contributed by atoms with van der Waals surface area (Å²) in [7, 11) is 0. The number of carbonyl (C=O) groups excluding carboxylic acids is 4. The highest BCUT2D eigenvalue weighted by atomic mass is 32.2. The second-order valence-electron chi connectivity index (χ2n) is 8.32. The van der Waals surface area contributed by atoms with E-state index in [2.05, 4.69) is 16.9 Å². The molecule has 0 heterocycles. The number of carbonyl (C=O) groups is 4. The Bertz CT molecular complexity index is 650. The Labute approximate surface area is 216 Å². The molecule has 34 heavy (non-hydrogen) atoms. The zero-order chi connectivity index (χ0) is 25.3. The maximum absolute atomic E-state index is 12.0. The van der Waals surface area contributed by atoms with Crippen LogP contribution in [0.25, 0.3) is 0 Å². The standard InChI is InChI=1S/C23H40N2O6S3/c1-16(14-20(26)24-10-12-32-3)30-22(28)6-5-7-23(29)31-17(2)15-21(27)25-11-13-34-19-9-8-18(19)33-4/h16-19H,5-15H2,1-4H3,(H,24,26)(H,25,27). The van der Waals surface area contributed by atoms with Crippen molar-refractivity contribution in [2.45, 2.75) is 81.5 Å². The summed E-state index contributed by atoms with van der Waals surface area (Å²) in [6, 6.07) is 0. The molecule has 196 valence electrons. The molecular weight excluding hydrogens is 496 g/mol. The van der Waals surface area contributed by atoms with Gasteiger partial charge in [-0.1, -0.05) is 0 Å². The van der Waals surface area contributed by atoms with E-state index in [9.17, 15) is 19.2 Å². The van der Waals surface area contributed by atoms with Crippen LogP contribution < -0.4 is 10.6 Å². The van der Waals surface area contributed by atoms with Gasteiger partial charge in [0.25, 0.3) is 0 Å². The summed E-state index contributed by atoms with van der Waals surface area (Å²) in [6.45, 7) is 4.55. The third-order valence-corrected chi connectivity index (χ3v) is 8.60. The molecule has 0 saturated heterocycles. The maximum Gasteiger partial charge on any atom is 0.306 e. The SMILES string of the molecule is CSCCNC(=O)CC(C)OC(=O)CCCC(=O)OC(C)CC(=O)NCCSC1CCC1SC. The first kappa shape index (κ1) is 31.0. The second-order valence-corrected chi connectivity index (χ2v) is 11.7. The Hall–Kier alpha value is -1.07. The molecule has 0 radical (unpaired) electrons. The van der Waals surface area contributed by atoms with Gasteiger partial charge < -0.3 is 20.1 Å². The number of amides is 2. The van der Waals surface area contributed by atoms with E-state index in [1.54, 1.807) is 25.6 Å². The van der Waals surface area contributed by atoms with Crippen molar-refractivity contribution in [2.24, 2.45) is 0 Å². The average Bonchev–Trinajstić information content (AvgIpc) is 2.72. The van der Waals surface area contributed by atoms with Crippen molar-refractivity contribution in [3.63, 3.8) is 0 Å². The first-order valence-corrected chi connectivity index (χ1v) is 15.5. The number of hydrogen-bond donors (Lipinski definition) is 2. The van der Waals surface area contributed by atoms with Crippen LogP contribution in [0.1, 0.15) is 58.8 Å². The molecule has 1 aliphatic carbocycles. The van der Waals surface area contributed by atoms with E-state index in [-0.39, 0.29) is 37.5 Å². The van der Waals surface area contributed by atoms with Crippen molar-refractivity contribution >= 4 is 59.0 Å². The lowest BCUT2D eigenvalue weighted by Gasteiger charge is -2.34. The molecule has 11 heteroatoms. The molecule has 1 saturated carbocycles. The molecule has 4 atom stereocenters. The first-order valence-electron chi connectivity index (χ1n) is 11.8. The largest absolute Gasteiger partial charge is 0.462 e. The monoisotopic (exact) mass is 536 g/mol. The van der Waals surface area contributed by atoms with Gasteiger partial charge >= 0.3 is 11.9 Å². The molecule has 0 aromatic heterocycles. The van der Waals surface area contributed by atoms with Crippen molar-refractivity contribution in [1.29, 1.82) is 0 Å². The summed E-state index contributed by atoms with van der Waals surface area (Å²) in [5.41, 5.74) is 0. The number of rotatable bonds is 18. The van der Waals surface area contributed by atoms with Crippen LogP contribution in [0.3, 0.4) is 0 Å². The van der Waals surface area contributed by atoms with Gasteiger partial charge in [0.15, 0.2) is 0 Å². The number of thioether (sulfide) groups is 3. The van der Waals surface area contributed by atoms with E-state index in [0.717, 1.165) is 16.8 Å². The highest BCUT2D eigenvalue weighted by Gasteiger charge is 2.29. The van der Waals surface area contributed by atoms with E-state index >= 15 is 0 Å². The number of hydrogen-bond acceptors (Lipinski definition) is 9. The van der Waals surface area contributed by atoms with Crippen LogP contribution in [0.5, 0.6) is 0 Å². The Kier molecular flexibility index (Phi) is 16.6. The van der Waals surface area contributed by atoms with Gasteiger partial charge in [0, 0.05) is 47.9 Å². The summed E-state index contributed by atoms with van der Waals surface area (Å²) in [4.78, 5) is 47.6. The topological polar surface area (TPSA) is 111 Å². The lowest BCUT2D eigenvalue weighted by molar-refractivity contribution is -0.150. The lowest BCUT2D eigenvalue weighted by Crippen LogP contribution is -2.34. The summed E-state index contributed by atoms with van der Waals surface area (Å²) in [6.07, 6.45) is 6.25. The third-order valence-electron chi connectivity index (χ3n) is 5.21. The van der Waals surface area contributed by atoms with E-state index in [1.165, 1.54) is 12.8 Å². The van der Waals surface area contributed by atoms with Gasteiger partial charge in [-0.25, -0.2) is 0 Å². The Morgan fingerprint density at radius 2 is 1.32 bits per heavy atom. The van der Waals surface area contributed by atoms with Crippen LogP contribution in [0.15, 0.2) is 0 Å². The van der Waals surface area contributed by atoms with Crippen LogP contribution in [0, 0.1) is 0 Å². The molecule has 0 aliphatic heterocycles. The minimum Gasteiger partial charge on any atom is -0.462 e. The predicted molar refractivity (Wildman–Crippen MR) is 141 cm³/mol. The van der Waals surface area contributed by atoms with Crippen LogP contribution in [-0.4, -0.2) is 83.6 Å². The van der Waals surface area contributed by atoms with Crippen LogP contribution in [-0.2, 0) is 28.7 Å². The molecule has 2 amide bonds. The molecule has 0 bridgehead atoms. The van der Waals surface area contributed by atoms with Gasteiger partial charge in [0.2, 0.25) is 11.8 Å². The van der Waals surface area contributed by atoms with Gasteiger partial charge in [-0.3, -0.25) is 19.2 Å². The maximum atomic E-state index is 12.0. The van der Waals surface area contributed by atoms with Crippen molar-refractivity contribution < 1.29 is 28.7 Å². The molecule has 1 rings (SSSR count). The van der Waals surface area contributed by atoms with Gasteiger partial charge in [-0.05, 0) is 45.6 Å². The molecule has 2 N–H and O–H groups in total. The van der Waals surface area contributed by atoms with Crippen molar-refractivity contribution in [1.82, 2.24) is 10.6 Å². The molecule has 1 aliphatic rings. The van der Waals surface area contributed by atoms with Crippen molar-refractivity contribution in [3.05, 3.63) is 0 Å². The van der Waals surface area contributed by atoms with Crippen LogP contribution in [0.2, 0.25) is 0 Å². The van der Waals surface area contributed by atoms with Crippen molar-refractivity contribution in [2.75, 3.05) is 37.1 Å². The molecule has 0 spiro atoms. The van der Waals surface area contributed by atoms with Gasteiger partial charge in [0.05, 0.1) is 12.8 Å². The Balaban J connectivity index is 2.07. The second kappa shape index (κ2) is 18.2. The first-order chi connectivity index (χ1) is 16.2.